The van der Waals surface area contributed by atoms with Gasteiger partial charge in [-0.05, 0) is 12.1 Å². The standard InChI is InChI=1S/C13H11FN4O/c14-11-7-10(2-1-9(11)8-15)19-13-12-3-4-17-18(12)6-5-16-13/h1-7H,8,15H2. The summed E-state index contributed by atoms with van der Waals surface area (Å²) in [6, 6.07) is 6.32. The molecule has 0 bridgehead atoms. The van der Waals surface area contributed by atoms with Crippen molar-refractivity contribution in [1.29, 1.82) is 0 Å². The fraction of sp³-hybridized carbons (Fsp3) is 0.0769. The predicted molar refractivity (Wildman–Crippen MR) is 67.4 cm³/mol. The van der Waals surface area contributed by atoms with E-state index in [4.69, 9.17) is 10.5 Å². The molecule has 0 amide bonds. The number of nitrogens with two attached hydrogens (primary N) is 1. The molecule has 0 aliphatic carbocycles. The minimum atomic E-state index is -0.388. The molecule has 0 radical (unpaired) electrons. The first-order chi connectivity index (χ1) is 9.28. The quantitative estimate of drug-likeness (QED) is 0.781. The summed E-state index contributed by atoms with van der Waals surface area (Å²) in [7, 11) is 0. The molecule has 19 heavy (non-hydrogen) atoms. The number of benzene rings is 1. The van der Waals surface area contributed by atoms with Crippen LogP contribution in [-0.4, -0.2) is 14.6 Å². The third-order valence-electron chi connectivity index (χ3n) is 2.75. The number of rotatable bonds is 3. The summed E-state index contributed by atoms with van der Waals surface area (Å²) in [6.45, 7) is 0.155. The molecule has 6 heteroatoms. The lowest BCUT2D eigenvalue weighted by Crippen LogP contribution is -2.00. The molecule has 0 atom stereocenters. The average Bonchev–Trinajstić information content (AvgIpc) is 2.88. The van der Waals surface area contributed by atoms with Crippen molar-refractivity contribution in [2.75, 3.05) is 0 Å². The summed E-state index contributed by atoms with van der Waals surface area (Å²) in [5.74, 6) is 0.358. The highest BCUT2D eigenvalue weighted by molar-refractivity contribution is 5.56. The molecule has 0 saturated carbocycles. The fourth-order valence-electron chi connectivity index (χ4n) is 1.78. The van der Waals surface area contributed by atoms with Gasteiger partial charge in [0.2, 0.25) is 5.88 Å². The molecule has 96 valence electrons. The zero-order valence-corrected chi connectivity index (χ0v) is 9.95. The van der Waals surface area contributed by atoms with Crippen molar-refractivity contribution < 1.29 is 9.13 Å². The maximum Gasteiger partial charge on any atom is 0.245 e. The van der Waals surface area contributed by atoms with E-state index in [-0.39, 0.29) is 12.4 Å². The van der Waals surface area contributed by atoms with Gasteiger partial charge in [-0.3, -0.25) is 0 Å². The second-order valence-corrected chi connectivity index (χ2v) is 3.95. The van der Waals surface area contributed by atoms with Crippen molar-refractivity contribution in [3.63, 3.8) is 0 Å². The zero-order chi connectivity index (χ0) is 13.2. The Morgan fingerprint density at radius 1 is 1.26 bits per heavy atom. The van der Waals surface area contributed by atoms with Crippen LogP contribution < -0.4 is 10.5 Å². The molecule has 2 N–H and O–H groups in total. The number of fused-ring (bicyclic) bond motifs is 1. The molecule has 0 unspecified atom stereocenters. The molecule has 3 aromatic rings. The lowest BCUT2D eigenvalue weighted by Gasteiger charge is -2.07. The molecule has 0 aliphatic rings. The van der Waals surface area contributed by atoms with Gasteiger partial charge >= 0.3 is 0 Å². The van der Waals surface area contributed by atoms with Crippen LogP contribution in [0.4, 0.5) is 4.39 Å². The Morgan fingerprint density at radius 2 is 2.16 bits per heavy atom. The molecule has 0 spiro atoms. The van der Waals surface area contributed by atoms with E-state index in [0.29, 0.717) is 22.7 Å². The summed E-state index contributed by atoms with van der Waals surface area (Å²) in [6.07, 6.45) is 4.92. The summed E-state index contributed by atoms with van der Waals surface area (Å²) in [5.41, 5.74) is 6.57. The van der Waals surface area contributed by atoms with Gasteiger partial charge < -0.3 is 10.5 Å². The molecule has 0 aliphatic heterocycles. The van der Waals surface area contributed by atoms with E-state index in [9.17, 15) is 4.39 Å². The van der Waals surface area contributed by atoms with Crippen LogP contribution in [0.25, 0.3) is 5.52 Å². The van der Waals surface area contributed by atoms with Gasteiger partial charge in [-0.25, -0.2) is 13.9 Å². The van der Waals surface area contributed by atoms with E-state index in [1.165, 1.54) is 6.07 Å². The smallest absolute Gasteiger partial charge is 0.245 e. The van der Waals surface area contributed by atoms with E-state index in [1.807, 2.05) is 0 Å². The Morgan fingerprint density at radius 3 is 2.95 bits per heavy atom. The monoisotopic (exact) mass is 258 g/mol. The number of hydrogen-bond acceptors (Lipinski definition) is 4. The second-order valence-electron chi connectivity index (χ2n) is 3.95. The fourth-order valence-corrected chi connectivity index (χ4v) is 1.78. The Bertz CT molecular complexity index is 725. The number of halogens is 1. The SMILES string of the molecule is NCc1ccc(Oc2nccn3nccc23)cc1F. The molecule has 5 nitrogen and oxygen atoms in total. The van der Waals surface area contributed by atoms with Crippen LogP contribution in [0.3, 0.4) is 0 Å². The van der Waals surface area contributed by atoms with Gasteiger partial charge in [0.05, 0.1) is 6.20 Å². The first-order valence-corrected chi connectivity index (χ1v) is 5.72. The van der Waals surface area contributed by atoms with Crippen molar-refractivity contribution >= 4 is 5.52 Å². The topological polar surface area (TPSA) is 65.4 Å². The van der Waals surface area contributed by atoms with Crippen molar-refractivity contribution in [2.45, 2.75) is 6.54 Å². The average molecular weight is 258 g/mol. The lowest BCUT2D eigenvalue weighted by atomic mass is 10.2. The van der Waals surface area contributed by atoms with E-state index >= 15 is 0 Å². The summed E-state index contributed by atoms with van der Waals surface area (Å²) in [5, 5.41) is 4.07. The number of aromatic nitrogens is 3. The predicted octanol–water partition coefficient (Wildman–Crippen LogP) is 2.12. The zero-order valence-electron chi connectivity index (χ0n) is 9.95. The Hall–Kier alpha value is -2.47. The first-order valence-electron chi connectivity index (χ1n) is 5.72. The normalized spacial score (nSPS) is 10.8. The van der Waals surface area contributed by atoms with Crippen LogP contribution in [0, 0.1) is 5.82 Å². The molecule has 0 saturated heterocycles. The Balaban J connectivity index is 1.97. The van der Waals surface area contributed by atoms with Gasteiger partial charge in [-0.15, -0.1) is 0 Å². The van der Waals surface area contributed by atoms with Crippen LogP contribution in [0.15, 0.2) is 42.9 Å². The highest BCUT2D eigenvalue weighted by atomic mass is 19.1. The van der Waals surface area contributed by atoms with Crippen LogP contribution in [0.2, 0.25) is 0 Å². The third kappa shape index (κ3) is 2.13. The summed E-state index contributed by atoms with van der Waals surface area (Å²) < 4.78 is 20.8. The van der Waals surface area contributed by atoms with Gasteiger partial charge in [0, 0.05) is 30.6 Å². The van der Waals surface area contributed by atoms with Gasteiger partial charge in [0.25, 0.3) is 0 Å². The van der Waals surface area contributed by atoms with Crippen molar-refractivity contribution in [3.05, 3.63) is 54.2 Å². The Kier molecular flexibility index (Phi) is 2.85. The van der Waals surface area contributed by atoms with Gasteiger partial charge in [-0.2, -0.15) is 5.10 Å². The largest absolute Gasteiger partial charge is 0.437 e. The number of ether oxygens (including phenoxy) is 1. The second kappa shape index (κ2) is 4.66. The first kappa shape index (κ1) is 11.6. The summed E-state index contributed by atoms with van der Waals surface area (Å²) in [4.78, 5) is 4.12. The van der Waals surface area contributed by atoms with E-state index < -0.39 is 0 Å². The van der Waals surface area contributed by atoms with Crippen molar-refractivity contribution in [2.24, 2.45) is 5.73 Å². The van der Waals surface area contributed by atoms with Crippen LogP contribution >= 0.6 is 0 Å². The maximum absolute atomic E-state index is 13.6. The van der Waals surface area contributed by atoms with E-state index in [2.05, 4.69) is 10.1 Å². The molecule has 2 heterocycles. The van der Waals surface area contributed by atoms with Gasteiger partial charge in [0.15, 0.2) is 0 Å². The van der Waals surface area contributed by atoms with Crippen molar-refractivity contribution in [3.8, 4) is 11.6 Å². The van der Waals surface area contributed by atoms with Gasteiger partial charge in [-0.1, -0.05) is 6.07 Å². The highest BCUT2D eigenvalue weighted by Gasteiger charge is 2.08. The van der Waals surface area contributed by atoms with Crippen LogP contribution in [0.5, 0.6) is 11.6 Å². The maximum atomic E-state index is 13.6. The minimum Gasteiger partial charge on any atom is -0.437 e. The molecule has 0 fully saturated rings. The van der Waals surface area contributed by atoms with Gasteiger partial charge in [0.1, 0.15) is 17.1 Å². The molecule has 1 aromatic carbocycles. The number of hydrogen-bond donors (Lipinski definition) is 1. The van der Waals surface area contributed by atoms with E-state index in [0.717, 1.165) is 0 Å². The molecule has 2 aromatic heterocycles. The molecule has 3 rings (SSSR count). The summed E-state index contributed by atoms with van der Waals surface area (Å²) >= 11 is 0. The van der Waals surface area contributed by atoms with E-state index in [1.54, 1.807) is 41.3 Å². The minimum absolute atomic E-state index is 0.155. The van der Waals surface area contributed by atoms with Crippen LogP contribution in [0.1, 0.15) is 5.56 Å². The van der Waals surface area contributed by atoms with Crippen LogP contribution in [-0.2, 0) is 6.54 Å². The lowest BCUT2D eigenvalue weighted by molar-refractivity contribution is 0.459. The molecular formula is C13H11FN4O. The Labute approximate surface area is 108 Å². The third-order valence-corrected chi connectivity index (χ3v) is 2.75. The van der Waals surface area contributed by atoms with Crippen molar-refractivity contribution in [1.82, 2.24) is 14.6 Å². The highest BCUT2D eigenvalue weighted by Crippen LogP contribution is 2.24. The molecular weight excluding hydrogens is 247 g/mol. The number of nitrogens with zero attached hydrogens (tertiary/aromatic N) is 3.